The average Bonchev–Trinajstić information content (AvgIpc) is 3.03. The van der Waals surface area contributed by atoms with Crippen molar-refractivity contribution in [1.29, 1.82) is 0 Å². The van der Waals surface area contributed by atoms with Crippen LogP contribution in [0.15, 0.2) is 58.6 Å². The molecule has 196 valence electrons. The van der Waals surface area contributed by atoms with Crippen molar-refractivity contribution in [2.45, 2.75) is 65.0 Å². The Morgan fingerprint density at radius 2 is 1.94 bits per heavy atom. The van der Waals surface area contributed by atoms with Gasteiger partial charge in [0.25, 0.3) is 0 Å². The summed E-state index contributed by atoms with van der Waals surface area (Å²) < 4.78 is 3.63. The van der Waals surface area contributed by atoms with Crippen LogP contribution in [0.3, 0.4) is 0 Å². The number of hydrogen-bond acceptors (Lipinski definition) is 5. The molecule has 9 nitrogen and oxygen atoms in total. The average molecular weight is 518 g/mol. The number of nitrogens with zero attached hydrogens (tertiary/aromatic N) is 2. The van der Waals surface area contributed by atoms with Crippen molar-refractivity contribution in [2.24, 2.45) is 10.7 Å². The number of H-pyrrole nitrogens is 1. The van der Waals surface area contributed by atoms with E-state index in [4.69, 9.17) is 11.5 Å². The summed E-state index contributed by atoms with van der Waals surface area (Å²) >= 11 is 1.79. The van der Waals surface area contributed by atoms with Crippen LogP contribution < -0.4 is 21.5 Å². The van der Waals surface area contributed by atoms with Crippen LogP contribution in [-0.4, -0.2) is 46.2 Å². The minimum absolute atomic E-state index is 0. The number of halogens is 1. The zero-order valence-electron chi connectivity index (χ0n) is 19.4. The van der Waals surface area contributed by atoms with Crippen molar-refractivity contribution >= 4 is 36.1 Å². The molecule has 0 amide bonds. The number of aromatic nitrogens is 2. The van der Waals surface area contributed by atoms with E-state index in [-0.39, 0.29) is 30.8 Å². The molecule has 2 aliphatic carbocycles. The molecule has 3 rings (SSSR count). The molecular formula is C23H44ClN7O2S. The normalized spacial score (nSPS) is 19.1. The van der Waals surface area contributed by atoms with Gasteiger partial charge in [0.2, 0.25) is 0 Å². The van der Waals surface area contributed by atoms with Gasteiger partial charge in [0, 0.05) is 29.6 Å². The highest BCUT2D eigenvalue weighted by molar-refractivity contribution is 8.01. The van der Waals surface area contributed by atoms with Crippen LogP contribution in [0.25, 0.3) is 0 Å². The largest absolute Gasteiger partial charge is 0.412 e. The van der Waals surface area contributed by atoms with E-state index < -0.39 is 0 Å². The van der Waals surface area contributed by atoms with E-state index in [0.29, 0.717) is 23.9 Å². The van der Waals surface area contributed by atoms with Gasteiger partial charge in [0.1, 0.15) is 5.82 Å². The van der Waals surface area contributed by atoms with Gasteiger partial charge in [0.05, 0.1) is 6.20 Å². The number of aliphatic imine (C=N–C) groups is 1. The van der Waals surface area contributed by atoms with Crippen molar-refractivity contribution < 1.29 is 11.0 Å². The first-order chi connectivity index (χ1) is 14.5. The van der Waals surface area contributed by atoms with E-state index >= 15 is 0 Å². The molecule has 1 aromatic rings. The van der Waals surface area contributed by atoms with Gasteiger partial charge >= 0.3 is 0 Å². The van der Waals surface area contributed by atoms with E-state index in [1.807, 2.05) is 0 Å². The molecule has 34 heavy (non-hydrogen) atoms. The van der Waals surface area contributed by atoms with Gasteiger partial charge in [-0.25, -0.2) is 0 Å². The third kappa shape index (κ3) is 13.5. The highest BCUT2D eigenvalue weighted by Crippen LogP contribution is 2.26. The standard InChI is InChI=1S/C16H26N4S.C6H9N3.CH4.ClH.2H2O/c1-12-5-3-4-6-15(11-12)21-20-14-9-7-13(8-10-14)19-16(17)18-2;1-2-3-5-4-8-9-6(5)7;;;;/h3-5,11,13-14,20H,6-10H2,1-2H3,(H3,17,18,19);2,4H,1,3H2,(H3,7,8,9);1H4;1H;2*1H2. The topological polar surface area (TPSA) is 180 Å². The fraction of sp³-hybridized carbons (Fsp3) is 0.478. The van der Waals surface area contributed by atoms with Crippen molar-refractivity contribution in [1.82, 2.24) is 20.2 Å². The molecule has 2 aliphatic rings. The molecule has 0 radical (unpaired) electrons. The van der Waals surface area contributed by atoms with Crippen molar-refractivity contribution in [3.63, 3.8) is 0 Å². The second kappa shape index (κ2) is 20.2. The summed E-state index contributed by atoms with van der Waals surface area (Å²) in [7, 11) is 1.72. The first kappa shape index (κ1) is 36.3. The Kier molecular flexibility index (Phi) is 21.5. The van der Waals surface area contributed by atoms with Crippen molar-refractivity contribution in [3.8, 4) is 0 Å². The molecular weight excluding hydrogens is 474 g/mol. The number of hydrogen-bond donors (Lipinski definition) is 5. The molecule has 0 saturated heterocycles. The van der Waals surface area contributed by atoms with Gasteiger partial charge in [-0.05, 0) is 63.5 Å². The summed E-state index contributed by atoms with van der Waals surface area (Å²) in [6, 6.07) is 1.06. The van der Waals surface area contributed by atoms with E-state index in [1.165, 1.54) is 23.3 Å². The van der Waals surface area contributed by atoms with Gasteiger partial charge in [0.15, 0.2) is 5.96 Å². The predicted octanol–water partition coefficient (Wildman–Crippen LogP) is 2.99. The third-order valence-electron chi connectivity index (χ3n) is 5.00. The minimum Gasteiger partial charge on any atom is -0.412 e. The summed E-state index contributed by atoms with van der Waals surface area (Å²) in [5.74, 6) is 1.19. The molecule has 0 aliphatic heterocycles. The molecule has 1 saturated carbocycles. The number of anilines is 1. The Bertz CT molecular complexity index is 801. The highest BCUT2D eigenvalue weighted by Gasteiger charge is 2.21. The van der Waals surface area contributed by atoms with Crippen LogP contribution >= 0.6 is 24.4 Å². The predicted molar refractivity (Wildman–Crippen MR) is 151 cm³/mol. The molecule has 11 heteroatoms. The number of rotatable bonds is 6. The monoisotopic (exact) mass is 517 g/mol. The number of guanidine groups is 1. The Balaban J connectivity index is -0.000000636. The Morgan fingerprint density at radius 3 is 2.50 bits per heavy atom. The minimum atomic E-state index is 0. The molecule has 0 atom stereocenters. The Hall–Kier alpha value is -2.24. The Morgan fingerprint density at radius 1 is 1.29 bits per heavy atom. The molecule has 0 aromatic carbocycles. The van der Waals surface area contributed by atoms with Gasteiger partial charge in [-0.1, -0.05) is 37.3 Å². The molecule has 0 bridgehead atoms. The summed E-state index contributed by atoms with van der Waals surface area (Å²) in [4.78, 5) is 5.35. The van der Waals surface area contributed by atoms with Crippen molar-refractivity contribution in [2.75, 3.05) is 12.8 Å². The van der Waals surface area contributed by atoms with Crippen LogP contribution in [0, 0.1) is 0 Å². The first-order valence-electron chi connectivity index (χ1n) is 10.4. The molecule has 0 spiro atoms. The van der Waals surface area contributed by atoms with E-state index in [2.05, 4.69) is 63.0 Å². The smallest absolute Gasteiger partial charge is 0.188 e. The quantitative estimate of drug-likeness (QED) is 0.167. The van der Waals surface area contributed by atoms with Crippen molar-refractivity contribution in [3.05, 3.63) is 59.2 Å². The maximum atomic E-state index is 5.72. The number of allylic oxidation sites excluding steroid dienone is 7. The van der Waals surface area contributed by atoms with Gasteiger partial charge < -0.3 is 27.7 Å². The number of nitrogens with two attached hydrogens (primary N) is 2. The number of nitrogens with one attached hydrogen (secondary N) is 3. The fourth-order valence-corrected chi connectivity index (χ4v) is 4.24. The van der Waals surface area contributed by atoms with Crippen LogP contribution in [-0.2, 0) is 6.42 Å². The summed E-state index contributed by atoms with van der Waals surface area (Å²) in [5, 5.41) is 9.65. The molecule has 1 fully saturated rings. The van der Waals surface area contributed by atoms with Gasteiger partial charge in [-0.3, -0.25) is 14.8 Å². The van der Waals surface area contributed by atoms with Crippen LogP contribution in [0.1, 0.15) is 52.0 Å². The van der Waals surface area contributed by atoms with E-state index in [1.54, 1.807) is 31.3 Å². The Labute approximate surface area is 214 Å². The van der Waals surface area contributed by atoms with Crippen LogP contribution in [0.4, 0.5) is 5.82 Å². The molecule has 1 aromatic heterocycles. The summed E-state index contributed by atoms with van der Waals surface area (Å²) in [5.41, 5.74) is 13.5. The zero-order valence-corrected chi connectivity index (χ0v) is 21.1. The fourth-order valence-electron chi connectivity index (χ4n) is 3.26. The first-order valence-corrected chi connectivity index (χ1v) is 11.2. The second-order valence-electron chi connectivity index (χ2n) is 7.48. The highest BCUT2D eigenvalue weighted by atomic mass is 35.5. The van der Waals surface area contributed by atoms with E-state index in [9.17, 15) is 0 Å². The zero-order chi connectivity index (χ0) is 21.8. The molecule has 11 N–H and O–H groups in total. The second-order valence-corrected chi connectivity index (χ2v) is 8.44. The third-order valence-corrected chi connectivity index (χ3v) is 5.99. The molecule has 0 unspecified atom stereocenters. The lowest BCUT2D eigenvalue weighted by Crippen LogP contribution is -2.44. The lowest BCUT2D eigenvalue weighted by molar-refractivity contribution is 0.361. The molecule has 1 heterocycles. The summed E-state index contributed by atoms with van der Waals surface area (Å²) in [6.45, 7) is 5.73. The van der Waals surface area contributed by atoms with E-state index in [0.717, 1.165) is 31.2 Å². The maximum absolute atomic E-state index is 5.72. The van der Waals surface area contributed by atoms with Crippen LogP contribution in [0.5, 0.6) is 0 Å². The lowest BCUT2D eigenvalue weighted by Gasteiger charge is -2.29. The SMILES string of the molecule is C.C=CCc1cn[nH]c1N.CN=C(N)NC1CCC(NSC2=CC(C)=CC=CC2)CC1.Cl.O.O. The number of nitrogen functional groups attached to an aromatic ring is 1. The van der Waals surface area contributed by atoms with Gasteiger partial charge in [-0.15, -0.1) is 19.0 Å². The van der Waals surface area contributed by atoms with Gasteiger partial charge in [-0.2, -0.15) is 5.10 Å². The lowest BCUT2D eigenvalue weighted by atomic mass is 9.92. The van der Waals surface area contributed by atoms with Crippen LogP contribution in [0.2, 0.25) is 0 Å². The maximum Gasteiger partial charge on any atom is 0.188 e. The summed E-state index contributed by atoms with van der Waals surface area (Å²) in [6.07, 6.45) is 18.7. The number of aromatic amines is 1.